The van der Waals surface area contributed by atoms with Crippen LogP contribution in [0.1, 0.15) is 17.9 Å². The smallest absolute Gasteiger partial charge is 0.314 e. The quantitative estimate of drug-likeness (QED) is 0.517. The molecule has 1 N–H and O–H groups in total. The first-order valence-corrected chi connectivity index (χ1v) is 11.3. The summed E-state index contributed by atoms with van der Waals surface area (Å²) in [4.78, 5) is 0. The van der Waals surface area contributed by atoms with E-state index in [2.05, 4.69) is 15.5 Å². The van der Waals surface area contributed by atoms with Crippen molar-refractivity contribution < 1.29 is 30.4 Å². The second-order valence-corrected chi connectivity index (χ2v) is 9.05. The Labute approximate surface area is 187 Å². The summed E-state index contributed by atoms with van der Waals surface area (Å²) in [6.45, 7) is 0.889. The van der Waals surface area contributed by atoms with E-state index >= 15 is 0 Å². The molecule has 1 aliphatic rings. The van der Waals surface area contributed by atoms with Crippen LogP contribution in [0.2, 0.25) is 0 Å². The van der Waals surface area contributed by atoms with Crippen LogP contribution in [-0.4, -0.2) is 49.1 Å². The summed E-state index contributed by atoms with van der Waals surface area (Å²) in [5, 5.41) is 9.73. The lowest BCUT2D eigenvalue weighted by Gasteiger charge is -2.33. The van der Waals surface area contributed by atoms with Gasteiger partial charge < -0.3 is 9.73 Å². The standard InChI is InChI=1S/C20H19F4N5O3S/c21-15-2-1-3-16(11-15)29(33(30,31)28-8-6-25-7-9-28)12-14-5-4-13(10-17(14)22)19-26-27-20(32-19)18(23)24/h1-5,10-11,18,25H,6-9,12H2. The van der Waals surface area contributed by atoms with Crippen LogP contribution in [-0.2, 0) is 16.8 Å². The van der Waals surface area contributed by atoms with Crippen molar-refractivity contribution in [3.05, 3.63) is 65.6 Å². The van der Waals surface area contributed by atoms with Gasteiger partial charge in [-0.25, -0.2) is 8.78 Å². The van der Waals surface area contributed by atoms with Crippen molar-refractivity contribution >= 4 is 15.9 Å². The predicted molar refractivity (Wildman–Crippen MR) is 111 cm³/mol. The number of aromatic nitrogens is 2. The molecule has 1 fully saturated rings. The van der Waals surface area contributed by atoms with Crippen molar-refractivity contribution in [1.82, 2.24) is 19.8 Å². The van der Waals surface area contributed by atoms with Gasteiger partial charge in [0.15, 0.2) is 0 Å². The lowest BCUT2D eigenvalue weighted by molar-refractivity contribution is 0.116. The van der Waals surface area contributed by atoms with Crippen LogP contribution in [0.5, 0.6) is 0 Å². The minimum Gasteiger partial charge on any atom is -0.415 e. The van der Waals surface area contributed by atoms with E-state index in [1.54, 1.807) is 0 Å². The van der Waals surface area contributed by atoms with Crippen LogP contribution < -0.4 is 9.62 Å². The van der Waals surface area contributed by atoms with Gasteiger partial charge in [0.2, 0.25) is 5.89 Å². The SMILES string of the molecule is O=S(=O)(N1CCNCC1)N(Cc1ccc(-c2nnc(C(F)F)o2)cc1F)c1cccc(F)c1. The van der Waals surface area contributed by atoms with E-state index in [0.717, 1.165) is 16.4 Å². The zero-order valence-corrected chi connectivity index (χ0v) is 17.9. The van der Waals surface area contributed by atoms with E-state index in [0.29, 0.717) is 13.1 Å². The number of rotatable bonds is 7. The fraction of sp³-hybridized carbons (Fsp3) is 0.300. The monoisotopic (exact) mass is 485 g/mol. The molecule has 4 rings (SSSR count). The van der Waals surface area contributed by atoms with Gasteiger partial charge in [-0.3, -0.25) is 4.31 Å². The van der Waals surface area contributed by atoms with Gasteiger partial charge in [0, 0.05) is 37.3 Å². The summed E-state index contributed by atoms with van der Waals surface area (Å²) in [7, 11) is -4.11. The van der Waals surface area contributed by atoms with E-state index in [9.17, 15) is 26.0 Å². The predicted octanol–water partition coefficient (Wildman–Crippen LogP) is 3.11. The third kappa shape index (κ3) is 4.99. The van der Waals surface area contributed by atoms with Crippen molar-refractivity contribution in [1.29, 1.82) is 0 Å². The highest BCUT2D eigenvalue weighted by Crippen LogP contribution is 2.28. The minimum atomic E-state index is -4.11. The van der Waals surface area contributed by atoms with E-state index in [4.69, 9.17) is 4.42 Å². The molecule has 176 valence electrons. The average Bonchev–Trinajstić information content (AvgIpc) is 3.29. The van der Waals surface area contributed by atoms with E-state index < -0.39 is 40.7 Å². The number of hydrogen-bond donors (Lipinski definition) is 1. The summed E-state index contributed by atoms with van der Waals surface area (Å²) < 4.78 is 87.8. The maximum atomic E-state index is 14.9. The van der Waals surface area contributed by atoms with Crippen LogP contribution in [0.3, 0.4) is 0 Å². The van der Waals surface area contributed by atoms with Crippen molar-refractivity contribution in [2.45, 2.75) is 13.0 Å². The number of piperazine rings is 1. The maximum absolute atomic E-state index is 14.9. The summed E-state index contributed by atoms with van der Waals surface area (Å²) in [6.07, 6.45) is -2.97. The first-order chi connectivity index (χ1) is 15.8. The third-order valence-electron chi connectivity index (χ3n) is 5.02. The first-order valence-electron chi connectivity index (χ1n) is 9.90. The minimum absolute atomic E-state index is 0.0182. The molecule has 0 saturated carbocycles. The number of halogens is 4. The number of anilines is 1. The molecule has 0 bridgehead atoms. The molecule has 0 atom stereocenters. The Morgan fingerprint density at radius 2 is 1.85 bits per heavy atom. The number of benzene rings is 2. The molecule has 0 spiro atoms. The van der Waals surface area contributed by atoms with Crippen molar-refractivity contribution in [3.8, 4) is 11.5 Å². The molecule has 0 aliphatic carbocycles. The zero-order valence-electron chi connectivity index (χ0n) is 17.1. The molecule has 8 nitrogen and oxygen atoms in total. The van der Waals surface area contributed by atoms with Crippen molar-refractivity contribution in [2.75, 3.05) is 30.5 Å². The van der Waals surface area contributed by atoms with Gasteiger partial charge >= 0.3 is 16.6 Å². The third-order valence-corrected chi connectivity index (χ3v) is 6.93. The molecule has 0 radical (unpaired) electrons. The second kappa shape index (κ2) is 9.45. The fourth-order valence-electron chi connectivity index (χ4n) is 3.35. The summed E-state index contributed by atoms with van der Waals surface area (Å²) in [5.74, 6) is -2.66. The molecule has 1 aromatic heterocycles. The van der Waals surface area contributed by atoms with E-state index in [1.165, 1.54) is 34.6 Å². The highest BCUT2D eigenvalue weighted by molar-refractivity contribution is 7.90. The molecule has 2 aromatic carbocycles. The van der Waals surface area contributed by atoms with Crippen LogP contribution in [0.4, 0.5) is 23.2 Å². The Bertz CT molecular complexity index is 1230. The van der Waals surface area contributed by atoms with Crippen LogP contribution in [0.25, 0.3) is 11.5 Å². The van der Waals surface area contributed by atoms with Gasteiger partial charge in [-0.05, 0) is 30.3 Å². The number of nitrogens with one attached hydrogen (secondary N) is 1. The summed E-state index contributed by atoms with van der Waals surface area (Å²) >= 11 is 0. The molecule has 13 heteroatoms. The number of nitrogens with zero attached hydrogens (tertiary/aromatic N) is 4. The van der Waals surface area contributed by atoms with Gasteiger partial charge in [-0.1, -0.05) is 12.1 Å². The zero-order chi connectivity index (χ0) is 23.6. The Hall–Kier alpha value is -3.03. The van der Waals surface area contributed by atoms with Crippen molar-refractivity contribution in [3.63, 3.8) is 0 Å². The molecular formula is C20H19F4N5O3S. The van der Waals surface area contributed by atoms with Gasteiger partial charge in [-0.2, -0.15) is 21.5 Å². The molecule has 2 heterocycles. The maximum Gasteiger partial charge on any atom is 0.314 e. The van der Waals surface area contributed by atoms with Gasteiger partial charge in [0.25, 0.3) is 5.89 Å². The Kier molecular flexibility index (Phi) is 6.63. The second-order valence-electron chi connectivity index (χ2n) is 7.20. The van der Waals surface area contributed by atoms with Gasteiger partial charge in [0.05, 0.1) is 12.2 Å². The highest BCUT2D eigenvalue weighted by atomic mass is 32.2. The molecule has 1 saturated heterocycles. The number of alkyl halides is 2. The lowest BCUT2D eigenvalue weighted by atomic mass is 10.1. The first kappa shape index (κ1) is 23.1. The fourth-order valence-corrected chi connectivity index (χ4v) is 4.96. The summed E-state index contributed by atoms with van der Waals surface area (Å²) in [6, 6.07) is 8.63. The summed E-state index contributed by atoms with van der Waals surface area (Å²) in [5.41, 5.74) is 0.0729. The van der Waals surface area contributed by atoms with E-state index in [-0.39, 0.29) is 35.8 Å². The topological polar surface area (TPSA) is 91.6 Å². The van der Waals surface area contributed by atoms with Gasteiger partial charge in [-0.15, -0.1) is 10.2 Å². The van der Waals surface area contributed by atoms with Crippen LogP contribution in [0.15, 0.2) is 46.9 Å². The molecule has 0 unspecified atom stereocenters. The van der Waals surface area contributed by atoms with E-state index in [1.807, 2.05) is 0 Å². The molecule has 33 heavy (non-hydrogen) atoms. The largest absolute Gasteiger partial charge is 0.415 e. The van der Waals surface area contributed by atoms with Gasteiger partial charge in [0.1, 0.15) is 11.6 Å². The average molecular weight is 485 g/mol. The highest BCUT2D eigenvalue weighted by Gasteiger charge is 2.32. The normalized spacial score (nSPS) is 15.2. The molecule has 3 aromatic rings. The van der Waals surface area contributed by atoms with Crippen LogP contribution >= 0.6 is 0 Å². The molecule has 0 amide bonds. The Balaban J connectivity index is 1.67. The van der Waals surface area contributed by atoms with Crippen LogP contribution in [0, 0.1) is 11.6 Å². The molecule has 1 aliphatic heterocycles. The Morgan fingerprint density at radius 1 is 1.09 bits per heavy atom. The lowest BCUT2D eigenvalue weighted by Crippen LogP contribution is -2.51. The molecular weight excluding hydrogens is 466 g/mol. The number of hydrogen-bond acceptors (Lipinski definition) is 6. The Morgan fingerprint density at radius 3 is 2.48 bits per heavy atom. The van der Waals surface area contributed by atoms with Crippen molar-refractivity contribution in [2.24, 2.45) is 0 Å².